The molecule has 9 heteroatoms. The molecule has 0 aliphatic carbocycles. The van der Waals surface area contributed by atoms with Gasteiger partial charge < -0.3 is 14.8 Å². The smallest absolute Gasteiger partial charge is 0.274 e. The minimum Gasteiger partial charge on any atom is -0.485 e. The average molecular weight is 447 g/mol. The molecule has 0 saturated carbocycles. The first-order valence-electron chi connectivity index (χ1n) is 10.6. The highest BCUT2D eigenvalue weighted by Gasteiger charge is 2.13. The summed E-state index contributed by atoms with van der Waals surface area (Å²) >= 11 is 0. The lowest BCUT2D eigenvalue weighted by Crippen LogP contribution is -2.23. The van der Waals surface area contributed by atoms with Crippen LogP contribution in [0.1, 0.15) is 31.1 Å². The fourth-order valence-electron chi connectivity index (χ4n) is 3.28. The molecule has 0 fully saturated rings. The summed E-state index contributed by atoms with van der Waals surface area (Å²) in [4.78, 5) is 33.6. The van der Waals surface area contributed by atoms with Gasteiger partial charge in [0.2, 0.25) is 0 Å². The van der Waals surface area contributed by atoms with Gasteiger partial charge in [-0.3, -0.25) is 14.3 Å². The van der Waals surface area contributed by atoms with E-state index in [-0.39, 0.29) is 30.7 Å². The minimum atomic E-state index is -0.314. The van der Waals surface area contributed by atoms with Crippen LogP contribution in [0.5, 0.6) is 11.5 Å². The van der Waals surface area contributed by atoms with Gasteiger partial charge in [0.05, 0.1) is 11.4 Å². The molecule has 33 heavy (non-hydrogen) atoms. The monoisotopic (exact) mass is 447 g/mol. The van der Waals surface area contributed by atoms with Crippen molar-refractivity contribution in [2.45, 2.75) is 33.4 Å². The maximum Gasteiger partial charge on any atom is 0.274 e. The molecule has 2 aromatic carbocycles. The Morgan fingerprint density at radius 1 is 1.09 bits per heavy atom. The first-order valence-corrected chi connectivity index (χ1v) is 10.6. The number of nitrogens with one attached hydrogen (secondary N) is 1. The lowest BCUT2D eigenvalue weighted by Gasteiger charge is -2.14. The molecule has 170 valence electrons. The number of aromatic nitrogens is 4. The number of nitrogens with zero attached hydrogens (tertiary/aromatic N) is 4. The molecule has 0 saturated heterocycles. The number of ether oxygens (including phenoxy) is 2. The van der Waals surface area contributed by atoms with Crippen LogP contribution in [0.25, 0.3) is 5.78 Å². The molecule has 4 aromatic rings. The van der Waals surface area contributed by atoms with Gasteiger partial charge in [-0.25, -0.2) is 4.98 Å². The Labute approximate surface area is 190 Å². The van der Waals surface area contributed by atoms with Gasteiger partial charge in [-0.05, 0) is 50.6 Å². The van der Waals surface area contributed by atoms with E-state index in [2.05, 4.69) is 15.3 Å². The zero-order chi connectivity index (χ0) is 23.4. The highest BCUT2D eigenvalue weighted by atomic mass is 16.5. The Bertz CT molecular complexity index is 1330. The lowest BCUT2D eigenvalue weighted by molar-refractivity contribution is -0.118. The second kappa shape index (κ2) is 9.56. The summed E-state index contributed by atoms with van der Waals surface area (Å²) in [5, 5.41) is 2.82. The number of benzene rings is 2. The molecule has 4 rings (SSSR count). The van der Waals surface area contributed by atoms with Crippen LogP contribution >= 0.6 is 0 Å². The van der Waals surface area contributed by atoms with Gasteiger partial charge in [0.25, 0.3) is 17.2 Å². The summed E-state index contributed by atoms with van der Waals surface area (Å²) in [6, 6.07) is 16.1. The first-order chi connectivity index (χ1) is 15.9. The van der Waals surface area contributed by atoms with E-state index in [0.717, 1.165) is 5.56 Å². The Kier molecular flexibility index (Phi) is 6.39. The Morgan fingerprint density at radius 3 is 2.64 bits per heavy atom. The fourth-order valence-corrected chi connectivity index (χ4v) is 3.28. The number of aryl methyl sites for hydroxylation is 1. The third-order valence-electron chi connectivity index (χ3n) is 4.88. The van der Waals surface area contributed by atoms with Crippen LogP contribution in [0, 0.1) is 6.92 Å². The number of hydrogen-bond acceptors (Lipinski definition) is 6. The fraction of sp³-hybridized carbons (Fsp3) is 0.250. The van der Waals surface area contributed by atoms with E-state index < -0.39 is 0 Å². The van der Waals surface area contributed by atoms with Gasteiger partial charge in [0.1, 0.15) is 24.4 Å². The van der Waals surface area contributed by atoms with Gasteiger partial charge in [-0.2, -0.15) is 9.50 Å². The second-order valence-electron chi connectivity index (χ2n) is 7.85. The standard InChI is InChI=1S/C24H25N5O4/c1-16(2)28-15-25-24-26-18(12-23(31)29(24)28)13-33-21-10-9-17(3)11-20(21)27-22(30)14-32-19-7-5-4-6-8-19/h4-12,15-16H,13-14H2,1-3H3,(H,27,30). The van der Waals surface area contributed by atoms with Crippen molar-refractivity contribution < 1.29 is 14.3 Å². The van der Waals surface area contributed by atoms with Crippen molar-refractivity contribution >= 4 is 17.4 Å². The van der Waals surface area contributed by atoms with Crippen LogP contribution in [0.2, 0.25) is 0 Å². The van der Waals surface area contributed by atoms with Gasteiger partial charge in [0.15, 0.2) is 6.61 Å². The predicted octanol–water partition coefficient (Wildman–Crippen LogP) is 3.38. The Hall–Kier alpha value is -4.14. The molecule has 0 unspecified atom stereocenters. The summed E-state index contributed by atoms with van der Waals surface area (Å²) < 4.78 is 14.6. The number of carbonyl (C=O) groups excluding carboxylic acids is 1. The zero-order valence-electron chi connectivity index (χ0n) is 18.7. The number of fused-ring (bicyclic) bond motifs is 1. The molecule has 1 amide bonds. The van der Waals surface area contributed by atoms with Gasteiger partial charge in [-0.1, -0.05) is 24.3 Å². The largest absolute Gasteiger partial charge is 0.485 e. The molecule has 0 aliphatic heterocycles. The van der Waals surface area contributed by atoms with E-state index in [4.69, 9.17) is 9.47 Å². The topological polar surface area (TPSA) is 99.8 Å². The summed E-state index contributed by atoms with van der Waals surface area (Å²) in [5.41, 5.74) is 1.68. The SMILES string of the molecule is Cc1ccc(OCc2cc(=O)n3c(ncn3C(C)C)n2)c(NC(=O)COc2ccccc2)c1. The van der Waals surface area contributed by atoms with Crippen molar-refractivity contribution in [3.63, 3.8) is 0 Å². The minimum absolute atomic E-state index is 0.0483. The normalized spacial score (nSPS) is 11.0. The molecular formula is C24H25N5O4. The summed E-state index contributed by atoms with van der Waals surface area (Å²) in [5.74, 6) is 1.07. The number of rotatable bonds is 8. The lowest BCUT2D eigenvalue weighted by atomic mass is 10.2. The van der Waals surface area contributed by atoms with Crippen molar-refractivity contribution in [2.24, 2.45) is 0 Å². The van der Waals surface area contributed by atoms with Gasteiger partial charge in [0, 0.05) is 12.1 Å². The quantitative estimate of drug-likeness (QED) is 0.445. The van der Waals surface area contributed by atoms with Crippen LogP contribution in [-0.4, -0.2) is 31.7 Å². The Morgan fingerprint density at radius 2 is 1.88 bits per heavy atom. The average Bonchev–Trinajstić information content (AvgIpc) is 3.23. The van der Waals surface area contributed by atoms with Gasteiger partial charge >= 0.3 is 0 Å². The summed E-state index contributed by atoms with van der Waals surface area (Å²) in [7, 11) is 0. The predicted molar refractivity (Wildman–Crippen MR) is 124 cm³/mol. The third kappa shape index (κ3) is 5.20. The number of hydrogen-bond donors (Lipinski definition) is 1. The van der Waals surface area contributed by atoms with Crippen LogP contribution in [0.15, 0.2) is 65.7 Å². The van der Waals surface area contributed by atoms with Crippen LogP contribution in [0.3, 0.4) is 0 Å². The molecule has 2 heterocycles. The number of amides is 1. The summed E-state index contributed by atoms with van der Waals surface area (Å²) in [6.45, 7) is 5.75. The molecule has 0 aliphatic rings. The molecule has 9 nitrogen and oxygen atoms in total. The van der Waals surface area contributed by atoms with Crippen molar-refractivity contribution in [3.05, 3.63) is 82.5 Å². The van der Waals surface area contributed by atoms with Crippen molar-refractivity contribution in [2.75, 3.05) is 11.9 Å². The number of para-hydroxylation sites is 1. The highest BCUT2D eigenvalue weighted by molar-refractivity contribution is 5.93. The Balaban J connectivity index is 1.46. The molecule has 0 bridgehead atoms. The van der Waals surface area contributed by atoms with Crippen molar-refractivity contribution in [1.29, 1.82) is 0 Å². The third-order valence-corrected chi connectivity index (χ3v) is 4.88. The maximum absolute atomic E-state index is 12.6. The first kappa shape index (κ1) is 22.1. The highest BCUT2D eigenvalue weighted by Crippen LogP contribution is 2.26. The van der Waals surface area contributed by atoms with Crippen LogP contribution in [-0.2, 0) is 11.4 Å². The summed E-state index contributed by atoms with van der Waals surface area (Å²) in [6.07, 6.45) is 1.59. The van der Waals surface area contributed by atoms with E-state index in [1.807, 2.05) is 51.1 Å². The number of carbonyl (C=O) groups is 1. The van der Waals surface area contributed by atoms with E-state index in [0.29, 0.717) is 28.7 Å². The van der Waals surface area contributed by atoms with E-state index in [9.17, 15) is 9.59 Å². The molecule has 0 atom stereocenters. The van der Waals surface area contributed by atoms with Crippen molar-refractivity contribution in [1.82, 2.24) is 19.2 Å². The molecule has 0 spiro atoms. The molecule has 1 N–H and O–H groups in total. The molecular weight excluding hydrogens is 422 g/mol. The van der Waals surface area contributed by atoms with E-state index in [1.54, 1.807) is 29.2 Å². The number of anilines is 1. The zero-order valence-corrected chi connectivity index (χ0v) is 18.7. The van der Waals surface area contributed by atoms with Gasteiger partial charge in [-0.15, -0.1) is 0 Å². The maximum atomic E-state index is 12.6. The molecule has 2 aromatic heterocycles. The van der Waals surface area contributed by atoms with E-state index in [1.165, 1.54) is 10.6 Å². The molecule has 0 radical (unpaired) electrons. The van der Waals surface area contributed by atoms with Crippen LogP contribution < -0.4 is 20.3 Å². The second-order valence-corrected chi connectivity index (χ2v) is 7.85. The van der Waals surface area contributed by atoms with E-state index >= 15 is 0 Å². The van der Waals surface area contributed by atoms with Crippen LogP contribution in [0.4, 0.5) is 5.69 Å². The van der Waals surface area contributed by atoms with Crippen molar-refractivity contribution in [3.8, 4) is 11.5 Å².